The molecule has 1 atom stereocenters. The number of hydrogen-bond donors (Lipinski definition) is 4. The molecule has 7 heteroatoms. The predicted octanol–water partition coefficient (Wildman–Crippen LogP) is 5.81. The number of nitrogens with one attached hydrogen (secondary N) is 2. The van der Waals surface area contributed by atoms with Crippen molar-refractivity contribution in [3.05, 3.63) is 113 Å². The number of ether oxygens (including phenoxy) is 2. The van der Waals surface area contributed by atoms with Gasteiger partial charge < -0.3 is 35.2 Å². The van der Waals surface area contributed by atoms with E-state index in [2.05, 4.69) is 64.1 Å². The summed E-state index contributed by atoms with van der Waals surface area (Å²) < 4.78 is 10.5. The number of phenols is 1. The highest BCUT2D eigenvalue weighted by atomic mass is 16.5. The molecule has 0 saturated carbocycles. The molecule has 43 heavy (non-hydrogen) atoms. The Morgan fingerprint density at radius 3 is 2.02 bits per heavy atom. The summed E-state index contributed by atoms with van der Waals surface area (Å²) in [6.07, 6.45) is 3.65. The van der Waals surface area contributed by atoms with Crippen LogP contribution in [0.2, 0.25) is 0 Å². The van der Waals surface area contributed by atoms with Gasteiger partial charge in [-0.3, -0.25) is 0 Å². The van der Waals surface area contributed by atoms with E-state index in [1.54, 1.807) is 38.5 Å². The minimum Gasteiger partial charge on any atom is -0.508 e. The van der Waals surface area contributed by atoms with E-state index in [-0.39, 0.29) is 5.75 Å². The largest absolute Gasteiger partial charge is 0.508 e. The number of hydrogen-bond acceptors (Lipinski definition) is 7. The van der Waals surface area contributed by atoms with Crippen LogP contribution in [0.5, 0.6) is 17.2 Å². The first-order valence-corrected chi connectivity index (χ1v) is 15.0. The Labute approximate surface area is 256 Å². The number of nitrogens with zero attached hydrogens (tertiary/aromatic N) is 1. The maximum absolute atomic E-state index is 10.1. The summed E-state index contributed by atoms with van der Waals surface area (Å²) in [5.74, 6) is 1.63. The highest BCUT2D eigenvalue weighted by Crippen LogP contribution is 2.35. The van der Waals surface area contributed by atoms with Gasteiger partial charge in [-0.2, -0.15) is 0 Å². The van der Waals surface area contributed by atoms with Crippen molar-refractivity contribution in [2.75, 3.05) is 52.3 Å². The molecule has 4 aromatic carbocycles. The molecule has 1 aliphatic heterocycles. The second-order valence-electron chi connectivity index (χ2n) is 10.6. The third kappa shape index (κ3) is 8.97. The number of aliphatic hydroxyl groups is 1. The van der Waals surface area contributed by atoms with Crippen LogP contribution in [0.15, 0.2) is 91.0 Å². The lowest BCUT2D eigenvalue weighted by Crippen LogP contribution is -2.23. The maximum Gasteiger partial charge on any atom is 0.160 e. The van der Waals surface area contributed by atoms with Gasteiger partial charge in [-0.25, -0.2) is 0 Å². The second-order valence-corrected chi connectivity index (χ2v) is 10.6. The highest BCUT2D eigenvalue weighted by molar-refractivity contribution is 5.71. The molecule has 1 heterocycles. The average molecular weight is 584 g/mol. The van der Waals surface area contributed by atoms with Gasteiger partial charge in [-0.15, -0.1) is 0 Å². The summed E-state index contributed by atoms with van der Waals surface area (Å²) in [6, 6.07) is 30.1. The lowest BCUT2D eigenvalue weighted by molar-refractivity contribution is 0.175. The molecule has 0 aliphatic carbocycles. The zero-order chi connectivity index (χ0) is 30.4. The average Bonchev–Trinajstić information content (AvgIpc) is 3.20. The zero-order valence-electron chi connectivity index (χ0n) is 25.6. The standard InChI is InChI=1S/C18H22N2.C18H23NO4/c1-19-13-6-14-20-17-9-4-2-7-15(17)11-12-16-8-3-5-10-18(16)20;1-22-17-8-3-13(11-18(17)23-2)9-10-19-12-16(21)14-4-6-15(20)7-5-14/h2-5,7-10,19H,6,11-14H2,1H3;3-8,11,16,19-21H,9-10,12H2,1-2H3/t;16-/m.0/s1. The predicted molar refractivity (Wildman–Crippen MR) is 175 cm³/mol. The van der Waals surface area contributed by atoms with Crippen molar-refractivity contribution in [1.29, 1.82) is 0 Å². The Balaban J connectivity index is 0.000000198. The van der Waals surface area contributed by atoms with Crippen molar-refractivity contribution < 1.29 is 19.7 Å². The molecule has 0 fully saturated rings. The number of phenolic OH excluding ortho intramolecular Hbond substituents is 1. The molecule has 4 aromatic rings. The van der Waals surface area contributed by atoms with Crippen molar-refractivity contribution >= 4 is 11.4 Å². The van der Waals surface area contributed by atoms with Crippen LogP contribution in [0, 0.1) is 0 Å². The molecule has 0 saturated heterocycles. The lowest BCUT2D eigenvalue weighted by Gasteiger charge is -2.27. The Morgan fingerprint density at radius 2 is 1.42 bits per heavy atom. The minimum atomic E-state index is -0.596. The van der Waals surface area contributed by atoms with E-state index in [0.717, 1.165) is 56.4 Å². The first-order valence-electron chi connectivity index (χ1n) is 15.0. The van der Waals surface area contributed by atoms with E-state index in [4.69, 9.17) is 9.47 Å². The molecule has 1 aliphatic rings. The molecular formula is C36H45N3O4. The molecule has 5 rings (SSSR count). The molecule has 0 bridgehead atoms. The number of aromatic hydroxyl groups is 1. The maximum atomic E-state index is 10.1. The Kier molecular flexibility index (Phi) is 12.3. The van der Waals surface area contributed by atoms with E-state index in [1.807, 2.05) is 25.2 Å². The molecule has 0 amide bonds. The van der Waals surface area contributed by atoms with Gasteiger partial charge in [0.25, 0.3) is 0 Å². The first-order chi connectivity index (χ1) is 21.0. The van der Waals surface area contributed by atoms with Crippen LogP contribution in [0.1, 0.15) is 34.8 Å². The van der Waals surface area contributed by atoms with Crippen molar-refractivity contribution in [1.82, 2.24) is 10.6 Å². The Bertz CT molecular complexity index is 1360. The molecule has 228 valence electrons. The van der Waals surface area contributed by atoms with Gasteiger partial charge in [0.05, 0.1) is 20.3 Å². The van der Waals surface area contributed by atoms with Gasteiger partial charge in [0.2, 0.25) is 0 Å². The number of rotatable bonds is 12. The number of aliphatic hydroxyl groups excluding tert-OH is 1. The fourth-order valence-electron chi connectivity index (χ4n) is 5.35. The van der Waals surface area contributed by atoms with Gasteiger partial charge in [-0.1, -0.05) is 54.6 Å². The summed E-state index contributed by atoms with van der Waals surface area (Å²) in [7, 11) is 5.25. The van der Waals surface area contributed by atoms with Crippen LogP contribution in [0.3, 0.4) is 0 Å². The third-order valence-electron chi connectivity index (χ3n) is 7.69. The number of para-hydroxylation sites is 2. The van der Waals surface area contributed by atoms with E-state index in [1.165, 1.54) is 22.5 Å². The van der Waals surface area contributed by atoms with Crippen molar-refractivity contribution in [2.45, 2.75) is 31.8 Å². The third-order valence-corrected chi connectivity index (χ3v) is 7.69. The quantitative estimate of drug-likeness (QED) is 0.157. The summed E-state index contributed by atoms with van der Waals surface area (Å²) >= 11 is 0. The summed E-state index contributed by atoms with van der Waals surface area (Å²) in [5, 5.41) is 25.8. The number of aryl methyl sites for hydroxylation is 2. The fourth-order valence-corrected chi connectivity index (χ4v) is 5.35. The van der Waals surface area contributed by atoms with Crippen LogP contribution in [0.25, 0.3) is 0 Å². The van der Waals surface area contributed by atoms with Gasteiger partial charge >= 0.3 is 0 Å². The monoisotopic (exact) mass is 583 g/mol. The molecule has 0 spiro atoms. The van der Waals surface area contributed by atoms with Gasteiger partial charge in [-0.05, 0) is 104 Å². The number of anilines is 2. The highest BCUT2D eigenvalue weighted by Gasteiger charge is 2.19. The van der Waals surface area contributed by atoms with E-state index < -0.39 is 6.10 Å². The molecule has 0 aromatic heterocycles. The van der Waals surface area contributed by atoms with Crippen molar-refractivity contribution in [3.63, 3.8) is 0 Å². The summed E-state index contributed by atoms with van der Waals surface area (Å²) in [4.78, 5) is 2.50. The van der Waals surface area contributed by atoms with Gasteiger partial charge in [0, 0.05) is 24.5 Å². The van der Waals surface area contributed by atoms with E-state index in [0.29, 0.717) is 18.0 Å². The van der Waals surface area contributed by atoms with E-state index >= 15 is 0 Å². The van der Waals surface area contributed by atoms with Crippen LogP contribution in [-0.4, -0.2) is 57.7 Å². The Hall–Kier alpha value is -4.04. The molecule has 7 nitrogen and oxygen atoms in total. The smallest absolute Gasteiger partial charge is 0.160 e. The van der Waals surface area contributed by atoms with Crippen LogP contribution in [0.4, 0.5) is 11.4 Å². The van der Waals surface area contributed by atoms with Crippen molar-refractivity contribution in [2.24, 2.45) is 0 Å². The van der Waals surface area contributed by atoms with Gasteiger partial charge in [0.1, 0.15) is 5.75 Å². The molecular weight excluding hydrogens is 538 g/mol. The molecule has 0 unspecified atom stereocenters. The number of benzene rings is 4. The lowest BCUT2D eigenvalue weighted by atomic mass is 10.0. The van der Waals surface area contributed by atoms with Gasteiger partial charge in [0.15, 0.2) is 11.5 Å². The number of fused-ring (bicyclic) bond motifs is 2. The fraction of sp³-hybridized carbons (Fsp3) is 0.333. The SMILES string of the molecule is CNCCCN1c2ccccc2CCc2ccccc21.COc1ccc(CCNC[C@H](O)c2ccc(O)cc2)cc1OC. The normalized spacial score (nSPS) is 12.7. The topological polar surface area (TPSA) is 86.2 Å². The zero-order valence-corrected chi connectivity index (χ0v) is 25.6. The first kappa shape index (κ1) is 31.9. The van der Waals surface area contributed by atoms with Crippen LogP contribution < -0.4 is 25.0 Å². The van der Waals surface area contributed by atoms with Crippen LogP contribution in [-0.2, 0) is 19.3 Å². The molecule has 0 radical (unpaired) electrons. The van der Waals surface area contributed by atoms with Crippen molar-refractivity contribution in [3.8, 4) is 17.2 Å². The van der Waals surface area contributed by atoms with Crippen LogP contribution >= 0.6 is 0 Å². The Morgan fingerprint density at radius 1 is 0.791 bits per heavy atom. The molecule has 4 N–H and O–H groups in total. The summed E-state index contributed by atoms with van der Waals surface area (Å²) in [5.41, 5.74) is 7.61. The second kappa shape index (κ2) is 16.6. The minimum absolute atomic E-state index is 0.197. The number of methoxy groups -OCH3 is 2. The van der Waals surface area contributed by atoms with E-state index in [9.17, 15) is 10.2 Å². The summed E-state index contributed by atoms with van der Waals surface area (Å²) in [6.45, 7) is 3.32.